The summed E-state index contributed by atoms with van der Waals surface area (Å²) in [4.78, 5) is 0. The highest BCUT2D eigenvalue weighted by molar-refractivity contribution is 9.10. The number of thioether (sulfide) groups is 1. The van der Waals surface area contributed by atoms with Crippen LogP contribution in [0.4, 0.5) is 0 Å². The summed E-state index contributed by atoms with van der Waals surface area (Å²) in [5, 5.41) is 14.0. The molecule has 0 aliphatic carbocycles. The fourth-order valence-corrected chi connectivity index (χ4v) is 3.48. The molecular formula is C15H18BrN5S. The number of benzene rings is 1. The van der Waals surface area contributed by atoms with Crippen molar-refractivity contribution in [2.45, 2.75) is 31.5 Å². The van der Waals surface area contributed by atoms with Crippen molar-refractivity contribution in [3.63, 3.8) is 0 Å². The first-order valence-electron chi connectivity index (χ1n) is 7.22. The molecule has 2 aromatic rings. The standard InChI is InChI=1S/C15H18BrN5S/c1-9(2)7-12(17)14-18-19-15-21(14)20-13(8-22-15)10-3-5-11(16)6-4-10/h3-6,9,12H,7-8,17H2,1-2H3. The monoisotopic (exact) mass is 379 g/mol. The molecule has 0 saturated carbocycles. The maximum absolute atomic E-state index is 6.26. The van der Waals surface area contributed by atoms with E-state index < -0.39 is 0 Å². The summed E-state index contributed by atoms with van der Waals surface area (Å²) in [7, 11) is 0. The van der Waals surface area contributed by atoms with Gasteiger partial charge in [-0.1, -0.05) is 53.7 Å². The Balaban J connectivity index is 1.93. The molecule has 1 unspecified atom stereocenters. The predicted molar refractivity (Wildman–Crippen MR) is 93.2 cm³/mol. The topological polar surface area (TPSA) is 69.1 Å². The number of hydrogen-bond acceptors (Lipinski definition) is 5. The largest absolute Gasteiger partial charge is 0.321 e. The van der Waals surface area contributed by atoms with Crippen LogP contribution in [0.15, 0.2) is 39.0 Å². The molecule has 0 amide bonds. The second-order valence-corrected chi connectivity index (χ2v) is 7.59. The van der Waals surface area contributed by atoms with Crippen LogP contribution in [0.2, 0.25) is 0 Å². The molecule has 1 aliphatic rings. The maximum atomic E-state index is 6.26. The predicted octanol–water partition coefficient (Wildman–Crippen LogP) is 3.44. The zero-order chi connectivity index (χ0) is 15.7. The highest BCUT2D eigenvalue weighted by Crippen LogP contribution is 2.27. The van der Waals surface area contributed by atoms with E-state index in [-0.39, 0.29) is 6.04 Å². The average Bonchev–Trinajstić information content (AvgIpc) is 2.90. The number of nitrogens with two attached hydrogens (primary N) is 1. The molecule has 2 heterocycles. The summed E-state index contributed by atoms with van der Waals surface area (Å²) in [5.74, 6) is 2.04. The van der Waals surface area contributed by atoms with E-state index in [0.717, 1.165) is 38.9 Å². The van der Waals surface area contributed by atoms with Crippen molar-refractivity contribution < 1.29 is 0 Å². The van der Waals surface area contributed by atoms with Crippen LogP contribution in [0.5, 0.6) is 0 Å². The van der Waals surface area contributed by atoms with Crippen molar-refractivity contribution in [2.75, 3.05) is 5.75 Å². The smallest absolute Gasteiger partial charge is 0.212 e. The van der Waals surface area contributed by atoms with E-state index in [2.05, 4.69) is 52.1 Å². The van der Waals surface area contributed by atoms with Gasteiger partial charge >= 0.3 is 0 Å². The van der Waals surface area contributed by atoms with Gasteiger partial charge in [0.2, 0.25) is 5.16 Å². The molecule has 1 atom stereocenters. The normalized spacial score (nSPS) is 15.6. The lowest BCUT2D eigenvalue weighted by Crippen LogP contribution is -2.20. The molecule has 0 bridgehead atoms. The summed E-state index contributed by atoms with van der Waals surface area (Å²) >= 11 is 5.10. The number of rotatable bonds is 4. The van der Waals surface area contributed by atoms with Gasteiger partial charge < -0.3 is 5.73 Å². The number of aromatic nitrogens is 3. The number of halogens is 1. The van der Waals surface area contributed by atoms with E-state index in [1.807, 2.05) is 12.1 Å². The third kappa shape index (κ3) is 3.26. The Morgan fingerprint density at radius 2 is 2.00 bits per heavy atom. The Hall–Kier alpha value is -1.18. The Bertz CT molecular complexity index is 692. The fraction of sp³-hybridized carbons (Fsp3) is 0.400. The van der Waals surface area contributed by atoms with E-state index in [1.165, 1.54) is 0 Å². The van der Waals surface area contributed by atoms with E-state index in [1.54, 1.807) is 16.4 Å². The molecule has 5 nitrogen and oxygen atoms in total. The van der Waals surface area contributed by atoms with Gasteiger partial charge in [-0.05, 0) is 30.0 Å². The summed E-state index contributed by atoms with van der Waals surface area (Å²) in [6, 6.07) is 8.03. The molecule has 116 valence electrons. The molecule has 0 spiro atoms. The van der Waals surface area contributed by atoms with Crippen LogP contribution >= 0.6 is 27.7 Å². The first-order valence-corrected chi connectivity index (χ1v) is 9.00. The van der Waals surface area contributed by atoms with Crippen LogP contribution in [-0.4, -0.2) is 26.3 Å². The van der Waals surface area contributed by atoms with Crippen molar-refractivity contribution in [1.82, 2.24) is 14.9 Å². The zero-order valence-electron chi connectivity index (χ0n) is 12.5. The highest BCUT2D eigenvalue weighted by Gasteiger charge is 2.23. The molecule has 22 heavy (non-hydrogen) atoms. The number of fused-ring (bicyclic) bond motifs is 1. The Morgan fingerprint density at radius 1 is 1.27 bits per heavy atom. The number of nitrogens with zero attached hydrogens (tertiary/aromatic N) is 4. The second kappa shape index (κ2) is 6.52. The van der Waals surface area contributed by atoms with Crippen LogP contribution in [0.3, 0.4) is 0 Å². The minimum Gasteiger partial charge on any atom is -0.321 e. The van der Waals surface area contributed by atoms with E-state index >= 15 is 0 Å². The maximum Gasteiger partial charge on any atom is 0.212 e. The van der Waals surface area contributed by atoms with Gasteiger partial charge in [0.15, 0.2) is 5.82 Å². The summed E-state index contributed by atoms with van der Waals surface area (Å²) < 4.78 is 2.86. The fourth-order valence-electron chi connectivity index (χ4n) is 2.37. The van der Waals surface area contributed by atoms with Gasteiger partial charge in [0.1, 0.15) is 0 Å². The first-order chi connectivity index (χ1) is 10.5. The molecule has 0 saturated heterocycles. The quantitative estimate of drug-likeness (QED) is 0.882. The minimum atomic E-state index is -0.144. The van der Waals surface area contributed by atoms with E-state index in [9.17, 15) is 0 Å². The SMILES string of the molecule is CC(C)CC(N)c1nnc2n1N=C(c1ccc(Br)cc1)CS2. The summed E-state index contributed by atoms with van der Waals surface area (Å²) in [5.41, 5.74) is 8.39. The van der Waals surface area contributed by atoms with Gasteiger partial charge in [-0.25, -0.2) is 0 Å². The molecule has 2 N–H and O–H groups in total. The van der Waals surface area contributed by atoms with Crippen molar-refractivity contribution in [3.8, 4) is 0 Å². The highest BCUT2D eigenvalue weighted by atomic mass is 79.9. The van der Waals surface area contributed by atoms with Gasteiger partial charge in [-0.3, -0.25) is 0 Å². The van der Waals surface area contributed by atoms with Crippen molar-refractivity contribution in [1.29, 1.82) is 0 Å². The molecule has 1 aromatic heterocycles. The Morgan fingerprint density at radius 3 is 2.68 bits per heavy atom. The van der Waals surface area contributed by atoms with Gasteiger partial charge in [-0.15, -0.1) is 10.2 Å². The molecule has 7 heteroatoms. The molecule has 3 rings (SSSR count). The van der Waals surface area contributed by atoms with Crippen LogP contribution in [0.25, 0.3) is 0 Å². The number of hydrogen-bond donors (Lipinski definition) is 1. The van der Waals surface area contributed by atoms with Crippen molar-refractivity contribution >= 4 is 33.4 Å². The van der Waals surface area contributed by atoms with Gasteiger partial charge in [0.25, 0.3) is 0 Å². The van der Waals surface area contributed by atoms with Crippen molar-refractivity contribution in [2.24, 2.45) is 16.8 Å². The summed E-state index contributed by atoms with van der Waals surface area (Å²) in [6.45, 7) is 4.30. The van der Waals surface area contributed by atoms with Gasteiger partial charge in [0, 0.05) is 10.2 Å². The second-order valence-electron chi connectivity index (χ2n) is 5.73. The lowest BCUT2D eigenvalue weighted by Gasteiger charge is -2.17. The van der Waals surface area contributed by atoms with E-state index in [4.69, 9.17) is 10.8 Å². The van der Waals surface area contributed by atoms with Crippen molar-refractivity contribution in [3.05, 3.63) is 40.1 Å². The van der Waals surface area contributed by atoms with E-state index in [0.29, 0.717) is 5.92 Å². The molecule has 1 aliphatic heterocycles. The first kappa shape index (κ1) is 15.7. The van der Waals surface area contributed by atoms with Crippen LogP contribution < -0.4 is 5.73 Å². The molecular weight excluding hydrogens is 362 g/mol. The molecule has 1 aromatic carbocycles. The van der Waals surface area contributed by atoms with Crippen LogP contribution in [0.1, 0.15) is 37.7 Å². The molecule has 0 radical (unpaired) electrons. The zero-order valence-corrected chi connectivity index (χ0v) is 14.9. The average molecular weight is 380 g/mol. The Kier molecular flexibility index (Phi) is 4.65. The van der Waals surface area contributed by atoms with Gasteiger partial charge in [-0.2, -0.15) is 9.78 Å². The summed E-state index contributed by atoms with van der Waals surface area (Å²) in [6.07, 6.45) is 0.867. The molecule has 0 fully saturated rings. The Labute approximate surface area is 142 Å². The van der Waals surface area contributed by atoms with Crippen LogP contribution in [0, 0.1) is 5.92 Å². The third-order valence-electron chi connectivity index (χ3n) is 3.43. The third-order valence-corrected chi connectivity index (χ3v) is 4.89. The lowest BCUT2D eigenvalue weighted by molar-refractivity contribution is 0.478. The van der Waals surface area contributed by atoms with Gasteiger partial charge in [0.05, 0.1) is 11.8 Å². The minimum absolute atomic E-state index is 0.144. The van der Waals surface area contributed by atoms with Crippen LogP contribution in [-0.2, 0) is 0 Å². The lowest BCUT2D eigenvalue weighted by atomic mass is 10.0.